The molecule has 2 heterocycles. The van der Waals surface area contributed by atoms with Crippen molar-refractivity contribution in [1.29, 1.82) is 0 Å². The monoisotopic (exact) mass is 292 g/mol. The highest BCUT2D eigenvalue weighted by atomic mass is 19.1. The lowest BCUT2D eigenvalue weighted by atomic mass is 10.2. The maximum atomic E-state index is 14.1. The minimum atomic E-state index is -0.668. The molecule has 2 aromatic heterocycles. The van der Waals surface area contributed by atoms with E-state index in [9.17, 15) is 9.18 Å². The van der Waals surface area contributed by atoms with Crippen molar-refractivity contribution in [2.75, 3.05) is 11.9 Å². The van der Waals surface area contributed by atoms with Gasteiger partial charge in [0.1, 0.15) is 5.76 Å². The van der Waals surface area contributed by atoms with Gasteiger partial charge in [-0.25, -0.2) is 14.4 Å². The third-order valence-corrected chi connectivity index (χ3v) is 2.83. The van der Waals surface area contributed by atoms with Crippen LogP contribution >= 0.6 is 0 Å². The summed E-state index contributed by atoms with van der Waals surface area (Å²) in [7, 11) is 0. The van der Waals surface area contributed by atoms with Crippen LogP contribution in [0.4, 0.5) is 10.2 Å². The Morgan fingerprint density at radius 1 is 1.38 bits per heavy atom. The van der Waals surface area contributed by atoms with E-state index in [1.807, 2.05) is 13.8 Å². The van der Waals surface area contributed by atoms with Crippen molar-refractivity contribution >= 4 is 11.7 Å². The second-order valence-corrected chi connectivity index (χ2v) is 4.31. The summed E-state index contributed by atoms with van der Waals surface area (Å²) in [5.74, 6) is -0.0105. The molecule has 0 fully saturated rings. The lowest BCUT2D eigenvalue weighted by Crippen LogP contribution is -2.24. The second kappa shape index (κ2) is 6.83. The normalized spacial score (nSPS) is 10.4. The summed E-state index contributed by atoms with van der Waals surface area (Å²) in [6.45, 7) is 4.39. The summed E-state index contributed by atoms with van der Waals surface area (Å²) < 4.78 is 19.4. The van der Waals surface area contributed by atoms with Crippen molar-refractivity contribution < 1.29 is 13.6 Å². The first-order valence-electron chi connectivity index (χ1n) is 6.75. The van der Waals surface area contributed by atoms with Crippen molar-refractivity contribution in [3.8, 4) is 0 Å². The molecule has 1 amide bonds. The molecule has 2 N–H and O–H groups in total. The van der Waals surface area contributed by atoms with Gasteiger partial charge in [0.15, 0.2) is 11.6 Å². The van der Waals surface area contributed by atoms with Gasteiger partial charge in [0.25, 0.3) is 5.91 Å². The minimum Gasteiger partial charge on any atom is -0.444 e. The van der Waals surface area contributed by atoms with E-state index in [4.69, 9.17) is 4.42 Å². The van der Waals surface area contributed by atoms with Crippen LogP contribution in [0, 0.1) is 5.82 Å². The average molecular weight is 292 g/mol. The van der Waals surface area contributed by atoms with Gasteiger partial charge < -0.3 is 15.1 Å². The van der Waals surface area contributed by atoms with E-state index in [0.29, 0.717) is 12.4 Å². The number of amides is 1. The number of hydrogen-bond acceptors (Lipinski definition) is 5. The number of aromatic nitrogens is 2. The number of halogens is 1. The van der Waals surface area contributed by atoms with Gasteiger partial charge in [0.2, 0.25) is 5.89 Å². The smallest absolute Gasteiger partial charge is 0.254 e. The molecule has 0 radical (unpaired) electrons. The lowest BCUT2D eigenvalue weighted by molar-refractivity contribution is 0.0943. The number of nitrogens with one attached hydrogen (secondary N) is 2. The molecule has 7 heteroatoms. The van der Waals surface area contributed by atoms with Crippen LogP contribution in [0.3, 0.4) is 0 Å². The molecule has 21 heavy (non-hydrogen) atoms. The highest BCUT2D eigenvalue weighted by molar-refractivity contribution is 5.95. The van der Waals surface area contributed by atoms with Crippen molar-refractivity contribution in [3.05, 3.63) is 41.5 Å². The van der Waals surface area contributed by atoms with Crippen LogP contribution in [0.2, 0.25) is 0 Å². The first-order valence-corrected chi connectivity index (χ1v) is 6.75. The SMILES string of the molecule is CCNc1nccc(C(=O)NCc2ncc(CC)o2)c1F. The summed E-state index contributed by atoms with van der Waals surface area (Å²) >= 11 is 0. The largest absolute Gasteiger partial charge is 0.444 e. The predicted molar refractivity (Wildman–Crippen MR) is 75.4 cm³/mol. The van der Waals surface area contributed by atoms with Gasteiger partial charge in [0, 0.05) is 19.2 Å². The molecule has 0 bridgehead atoms. The Balaban J connectivity index is 2.04. The van der Waals surface area contributed by atoms with Crippen LogP contribution in [0.15, 0.2) is 22.9 Å². The third-order valence-electron chi connectivity index (χ3n) is 2.83. The highest BCUT2D eigenvalue weighted by Gasteiger charge is 2.16. The van der Waals surface area contributed by atoms with Gasteiger partial charge in [0.05, 0.1) is 18.3 Å². The van der Waals surface area contributed by atoms with Crippen LogP contribution < -0.4 is 10.6 Å². The van der Waals surface area contributed by atoms with E-state index in [0.717, 1.165) is 12.2 Å². The number of nitrogens with zero attached hydrogens (tertiary/aromatic N) is 2. The number of oxazole rings is 1. The molecule has 0 saturated carbocycles. The van der Waals surface area contributed by atoms with Crippen molar-refractivity contribution in [3.63, 3.8) is 0 Å². The maximum absolute atomic E-state index is 14.1. The van der Waals surface area contributed by atoms with E-state index >= 15 is 0 Å². The van der Waals surface area contributed by atoms with Gasteiger partial charge in [-0.1, -0.05) is 6.92 Å². The van der Waals surface area contributed by atoms with Crippen molar-refractivity contribution in [1.82, 2.24) is 15.3 Å². The van der Waals surface area contributed by atoms with E-state index < -0.39 is 11.7 Å². The van der Waals surface area contributed by atoms with Crippen LogP contribution in [-0.4, -0.2) is 22.4 Å². The molecular formula is C14H17FN4O2. The fourth-order valence-corrected chi connectivity index (χ4v) is 1.75. The third kappa shape index (κ3) is 3.56. The first-order chi connectivity index (χ1) is 10.2. The van der Waals surface area contributed by atoms with Gasteiger partial charge in [-0.05, 0) is 13.0 Å². The second-order valence-electron chi connectivity index (χ2n) is 4.31. The van der Waals surface area contributed by atoms with Crippen LogP contribution in [0.5, 0.6) is 0 Å². The Labute approximate surface area is 121 Å². The first kappa shape index (κ1) is 15.0. The van der Waals surface area contributed by atoms with Crippen LogP contribution in [0.25, 0.3) is 0 Å². The van der Waals surface area contributed by atoms with Crippen molar-refractivity contribution in [2.45, 2.75) is 26.8 Å². The zero-order valence-corrected chi connectivity index (χ0v) is 11.9. The molecule has 0 atom stereocenters. The fraction of sp³-hybridized carbons (Fsp3) is 0.357. The summed E-state index contributed by atoms with van der Waals surface area (Å²) in [6.07, 6.45) is 3.72. The van der Waals surface area contributed by atoms with E-state index in [-0.39, 0.29) is 17.9 Å². The molecule has 2 rings (SSSR count). The number of rotatable bonds is 6. The zero-order chi connectivity index (χ0) is 15.2. The Hall–Kier alpha value is -2.44. The van der Waals surface area contributed by atoms with Gasteiger partial charge in [-0.3, -0.25) is 4.79 Å². The molecule has 112 valence electrons. The van der Waals surface area contributed by atoms with Crippen LogP contribution in [0.1, 0.15) is 35.9 Å². The lowest BCUT2D eigenvalue weighted by Gasteiger charge is -2.08. The number of carbonyl (C=O) groups excluding carboxylic acids is 1. The quantitative estimate of drug-likeness (QED) is 0.852. The maximum Gasteiger partial charge on any atom is 0.254 e. The number of pyridine rings is 1. The Kier molecular flexibility index (Phi) is 4.86. The van der Waals surface area contributed by atoms with Crippen molar-refractivity contribution in [2.24, 2.45) is 0 Å². The summed E-state index contributed by atoms with van der Waals surface area (Å²) in [4.78, 5) is 19.9. The number of hydrogen-bond donors (Lipinski definition) is 2. The van der Waals surface area contributed by atoms with E-state index in [2.05, 4.69) is 20.6 Å². The predicted octanol–water partition coefficient (Wildman–Crippen LogP) is 2.13. The summed E-state index contributed by atoms with van der Waals surface area (Å²) in [5, 5.41) is 5.33. The Morgan fingerprint density at radius 2 is 2.19 bits per heavy atom. The summed E-state index contributed by atoms with van der Waals surface area (Å²) in [6, 6.07) is 1.33. The fourth-order valence-electron chi connectivity index (χ4n) is 1.75. The van der Waals surface area contributed by atoms with E-state index in [1.54, 1.807) is 6.20 Å². The number of carbonyl (C=O) groups is 1. The summed E-state index contributed by atoms with van der Waals surface area (Å²) in [5.41, 5.74) is -0.0665. The molecule has 0 aromatic carbocycles. The highest BCUT2D eigenvalue weighted by Crippen LogP contribution is 2.15. The minimum absolute atomic E-state index is 0.0644. The number of anilines is 1. The van der Waals surface area contributed by atoms with Crippen LogP contribution in [-0.2, 0) is 13.0 Å². The molecule has 6 nitrogen and oxygen atoms in total. The molecule has 0 aliphatic heterocycles. The van der Waals surface area contributed by atoms with Gasteiger partial charge >= 0.3 is 0 Å². The topological polar surface area (TPSA) is 80.0 Å². The Morgan fingerprint density at radius 3 is 2.86 bits per heavy atom. The van der Waals surface area contributed by atoms with Gasteiger partial charge in [-0.15, -0.1) is 0 Å². The molecule has 0 aliphatic carbocycles. The molecule has 0 saturated heterocycles. The molecule has 0 unspecified atom stereocenters. The average Bonchev–Trinajstić information content (AvgIpc) is 2.95. The van der Waals surface area contributed by atoms with Gasteiger partial charge in [-0.2, -0.15) is 0 Å². The molecule has 2 aromatic rings. The zero-order valence-electron chi connectivity index (χ0n) is 11.9. The molecular weight excluding hydrogens is 275 g/mol. The molecule has 0 aliphatic rings. The molecule has 0 spiro atoms. The Bertz CT molecular complexity index is 627. The standard InChI is InChI=1S/C14H17FN4O2/c1-3-9-7-18-11(21-9)8-19-14(20)10-5-6-17-13(12(10)15)16-4-2/h5-7H,3-4,8H2,1-2H3,(H,16,17)(H,19,20). The van der Waals surface area contributed by atoms with E-state index in [1.165, 1.54) is 12.3 Å². The number of aryl methyl sites for hydroxylation is 1.